The number of nitrogens with one attached hydrogen (secondary N) is 1. The maximum absolute atomic E-state index is 12.6. The second-order valence-electron chi connectivity index (χ2n) is 11.6. The van der Waals surface area contributed by atoms with Gasteiger partial charge < -0.3 is 26.2 Å². The molecule has 0 aromatic carbocycles. The quantitative estimate of drug-likeness (QED) is 0.0313. The SMILES string of the molecule is CCCCCCCCCCC/C=C/C(O)C(COP(=O)(O)OCCN)NC(=O)CC(O)CCCCCCCCCCC. The van der Waals surface area contributed by atoms with Gasteiger partial charge in [0.1, 0.15) is 0 Å². The predicted molar refractivity (Wildman–Crippen MR) is 172 cm³/mol. The molecule has 0 aromatic heterocycles. The van der Waals surface area contributed by atoms with E-state index in [1.54, 1.807) is 6.08 Å². The van der Waals surface area contributed by atoms with Crippen LogP contribution in [0, 0.1) is 0 Å². The number of rotatable bonds is 31. The number of hydrogen-bond donors (Lipinski definition) is 5. The first-order valence-electron chi connectivity index (χ1n) is 16.9. The number of aliphatic hydroxyl groups is 2. The standard InChI is InChI=1S/C32H65N2O7P/c1-3-5-7-9-11-13-14-16-18-20-22-24-31(36)30(28-41-42(38,39)40-26-25-33)34-32(37)27-29(35)23-21-19-17-15-12-10-8-6-4-2/h22,24,29-31,35-36H,3-21,23,25-28,33H2,1-2H3,(H,34,37)(H,38,39)/b24-22+. The summed E-state index contributed by atoms with van der Waals surface area (Å²) in [4.78, 5) is 22.5. The highest BCUT2D eigenvalue weighted by molar-refractivity contribution is 7.47. The molecule has 0 saturated heterocycles. The number of hydrogen-bond acceptors (Lipinski definition) is 7. The maximum atomic E-state index is 12.6. The zero-order valence-electron chi connectivity index (χ0n) is 26.9. The normalized spacial score (nSPS) is 15.5. The molecule has 9 nitrogen and oxygen atoms in total. The molecular weight excluding hydrogens is 555 g/mol. The van der Waals surface area contributed by atoms with Crippen LogP contribution in [0.25, 0.3) is 0 Å². The minimum atomic E-state index is -4.38. The lowest BCUT2D eigenvalue weighted by Crippen LogP contribution is -2.46. The van der Waals surface area contributed by atoms with E-state index in [-0.39, 0.29) is 19.6 Å². The molecule has 0 aliphatic carbocycles. The molecule has 0 spiro atoms. The summed E-state index contributed by atoms with van der Waals surface area (Å²) in [6.45, 7) is 3.90. The molecule has 1 amide bonds. The molecule has 0 fully saturated rings. The van der Waals surface area contributed by atoms with Crippen LogP contribution in [0.4, 0.5) is 0 Å². The van der Waals surface area contributed by atoms with Gasteiger partial charge in [-0.25, -0.2) is 4.57 Å². The highest BCUT2D eigenvalue weighted by Crippen LogP contribution is 2.43. The molecule has 250 valence electrons. The molecule has 0 radical (unpaired) electrons. The summed E-state index contributed by atoms with van der Waals surface area (Å²) in [6.07, 6.45) is 24.4. The number of nitrogens with two attached hydrogens (primary N) is 1. The lowest BCUT2D eigenvalue weighted by atomic mass is 10.0. The van der Waals surface area contributed by atoms with Gasteiger partial charge in [0.2, 0.25) is 5.91 Å². The van der Waals surface area contributed by atoms with Crippen LogP contribution in [-0.2, 0) is 18.4 Å². The van der Waals surface area contributed by atoms with Gasteiger partial charge in [-0.3, -0.25) is 13.8 Å². The van der Waals surface area contributed by atoms with Crippen LogP contribution in [0.15, 0.2) is 12.2 Å². The average Bonchev–Trinajstić information content (AvgIpc) is 2.96. The molecule has 4 unspecified atom stereocenters. The van der Waals surface area contributed by atoms with Gasteiger partial charge in [-0.05, 0) is 19.3 Å². The number of carbonyl (C=O) groups excluding carboxylic acids is 1. The van der Waals surface area contributed by atoms with Gasteiger partial charge in [-0.15, -0.1) is 0 Å². The summed E-state index contributed by atoms with van der Waals surface area (Å²) in [5.74, 6) is -0.450. The van der Waals surface area contributed by atoms with Gasteiger partial charge in [0, 0.05) is 6.54 Å². The van der Waals surface area contributed by atoms with Crippen molar-refractivity contribution in [2.75, 3.05) is 19.8 Å². The zero-order valence-corrected chi connectivity index (χ0v) is 27.8. The largest absolute Gasteiger partial charge is 0.472 e. The van der Waals surface area contributed by atoms with Gasteiger partial charge in [-0.1, -0.05) is 135 Å². The highest BCUT2D eigenvalue weighted by Gasteiger charge is 2.27. The Morgan fingerprint density at radius 3 is 1.83 bits per heavy atom. The molecule has 0 bridgehead atoms. The van der Waals surface area contributed by atoms with Crippen LogP contribution in [0.3, 0.4) is 0 Å². The van der Waals surface area contributed by atoms with Crippen molar-refractivity contribution < 1.29 is 33.5 Å². The van der Waals surface area contributed by atoms with E-state index >= 15 is 0 Å². The Morgan fingerprint density at radius 2 is 1.31 bits per heavy atom. The van der Waals surface area contributed by atoms with E-state index in [2.05, 4.69) is 19.2 Å². The van der Waals surface area contributed by atoms with E-state index in [4.69, 9.17) is 14.8 Å². The fourth-order valence-electron chi connectivity index (χ4n) is 4.82. The van der Waals surface area contributed by atoms with Gasteiger partial charge in [0.15, 0.2) is 0 Å². The van der Waals surface area contributed by atoms with Gasteiger partial charge in [0.05, 0.1) is 37.9 Å². The Hall–Kier alpha value is -0.800. The average molecular weight is 621 g/mol. The topological polar surface area (TPSA) is 151 Å². The number of aliphatic hydroxyl groups excluding tert-OH is 2. The summed E-state index contributed by atoms with van der Waals surface area (Å²) in [6, 6.07) is -0.973. The summed E-state index contributed by atoms with van der Waals surface area (Å²) in [5.41, 5.74) is 5.32. The van der Waals surface area contributed by atoms with E-state index in [9.17, 15) is 24.5 Å². The van der Waals surface area contributed by atoms with E-state index in [1.807, 2.05) is 6.08 Å². The molecular formula is C32H65N2O7P. The van der Waals surface area contributed by atoms with Gasteiger partial charge in [0.25, 0.3) is 0 Å². The Morgan fingerprint density at radius 1 is 0.810 bits per heavy atom. The number of amides is 1. The smallest absolute Gasteiger partial charge is 0.393 e. The van der Waals surface area contributed by atoms with E-state index in [0.29, 0.717) is 6.42 Å². The minimum absolute atomic E-state index is 0.0507. The Bertz CT molecular complexity index is 696. The first-order valence-corrected chi connectivity index (χ1v) is 18.4. The van der Waals surface area contributed by atoms with Gasteiger partial charge in [-0.2, -0.15) is 0 Å². The predicted octanol–water partition coefficient (Wildman–Crippen LogP) is 7.07. The number of phosphoric acid groups is 1. The van der Waals surface area contributed by atoms with E-state index in [0.717, 1.165) is 38.5 Å². The molecule has 0 aliphatic rings. The molecule has 0 aromatic rings. The molecule has 4 atom stereocenters. The Labute approximate surface area is 257 Å². The van der Waals surface area contributed by atoms with Crippen molar-refractivity contribution in [3.05, 3.63) is 12.2 Å². The highest BCUT2D eigenvalue weighted by atomic mass is 31.2. The number of unbranched alkanes of at least 4 members (excludes halogenated alkanes) is 17. The second-order valence-corrected chi connectivity index (χ2v) is 13.0. The third-order valence-electron chi connectivity index (χ3n) is 7.42. The van der Waals surface area contributed by atoms with Crippen LogP contribution in [0.2, 0.25) is 0 Å². The van der Waals surface area contributed by atoms with E-state index < -0.39 is 38.6 Å². The van der Waals surface area contributed by atoms with Crippen molar-refractivity contribution >= 4 is 13.7 Å². The molecule has 10 heteroatoms. The minimum Gasteiger partial charge on any atom is -0.393 e. The maximum Gasteiger partial charge on any atom is 0.472 e. The van der Waals surface area contributed by atoms with Crippen molar-refractivity contribution in [2.45, 2.75) is 167 Å². The summed E-state index contributed by atoms with van der Waals surface area (Å²) >= 11 is 0. The molecule has 0 saturated carbocycles. The first-order chi connectivity index (χ1) is 20.3. The van der Waals surface area contributed by atoms with Gasteiger partial charge >= 0.3 is 7.82 Å². The van der Waals surface area contributed by atoms with Crippen LogP contribution in [0.5, 0.6) is 0 Å². The van der Waals surface area contributed by atoms with Crippen LogP contribution < -0.4 is 11.1 Å². The Balaban J connectivity index is 4.55. The van der Waals surface area contributed by atoms with Crippen molar-refractivity contribution in [3.8, 4) is 0 Å². The third-order valence-corrected chi connectivity index (χ3v) is 8.40. The van der Waals surface area contributed by atoms with Crippen molar-refractivity contribution in [2.24, 2.45) is 5.73 Å². The number of allylic oxidation sites excluding steroid dienone is 1. The fourth-order valence-corrected chi connectivity index (χ4v) is 5.58. The number of phosphoric ester groups is 1. The zero-order chi connectivity index (χ0) is 31.3. The van der Waals surface area contributed by atoms with Crippen LogP contribution >= 0.6 is 7.82 Å². The Kier molecular flexibility index (Phi) is 28.4. The van der Waals surface area contributed by atoms with Crippen molar-refractivity contribution in [1.82, 2.24) is 5.32 Å². The second kappa shape index (κ2) is 28.9. The summed E-state index contributed by atoms with van der Waals surface area (Å²) in [7, 11) is -4.38. The molecule has 0 heterocycles. The van der Waals surface area contributed by atoms with E-state index in [1.165, 1.54) is 83.5 Å². The molecule has 42 heavy (non-hydrogen) atoms. The first kappa shape index (κ1) is 41.2. The molecule has 0 rings (SSSR count). The summed E-state index contributed by atoms with van der Waals surface area (Å²) in [5, 5.41) is 23.7. The molecule has 0 aliphatic heterocycles. The molecule has 6 N–H and O–H groups in total. The lowest BCUT2D eigenvalue weighted by molar-refractivity contribution is -0.124. The third kappa shape index (κ3) is 26.8. The fraction of sp³-hybridized carbons (Fsp3) is 0.906. The monoisotopic (exact) mass is 620 g/mol. The van der Waals surface area contributed by atoms with Crippen molar-refractivity contribution in [1.29, 1.82) is 0 Å². The van der Waals surface area contributed by atoms with Crippen molar-refractivity contribution in [3.63, 3.8) is 0 Å². The lowest BCUT2D eigenvalue weighted by Gasteiger charge is -2.24. The summed E-state index contributed by atoms with van der Waals surface area (Å²) < 4.78 is 21.9. The van der Waals surface area contributed by atoms with Crippen LogP contribution in [-0.4, -0.2) is 59.0 Å². The van der Waals surface area contributed by atoms with Crippen LogP contribution in [0.1, 0.15) is 149 Å². The number of carbonyl (C=O) groups is 1.